The number of nitrogens with one attached hydrogen (secondary N) is 1. The van der Waals surface area contributed by atoms with Gasteiger partial charge >= 0.3 is 0 Å². The molecule has 0 atom stereocenters. The van der Waals surface area contributed by atoms with Crippen LogP contribution in [0.5, 0.6) is 0 Å². The van der Waals surface area contributed by atoms with E-state index < -0.39 is 0 Å². The molecular weight excluding hydrogens is 360 g/mol. The molecule has 1 amide bonds. The maximum absolute atomic E-state index is 12.3. The molecule has 154 valence electrons. The molecule has 1 N–H and O–H groups in total. The first kappa shape index (κ1) is 21.1. The second-order valence-corrected chi connectivity index (χ2v) is 7.73. The molecule has 2 aromatic rings. The Hall–Kier alpha value is -2.63. The summed E-state index contributed by atoms with van der Waals surface area (Å²) in [5.74, 6) is 0.0964. The Morgan fingerprint density at radius 3 is 2.28 bits per heavy atom. The van der Waals surface area contributed by atoms with E-state index in [2.05, 4.69) is 80.7 Å². The molecule has 29 heavy (non-hydrogen) atoms. The molecule has 0 aliphatic carbocycles. The molecule has 5 heteroatoms. The first-order valence-corrected chi connectivity index (χ1v) is 10.3. The van der Waals surface area contributed by atoms with Crippen LogP contribution in [0.2, 0.25) is 0 Å². The van der Waals surface area contributed by atoms with Gasteiger partial charge < -0.3 is 10.2 Å². The van der Waals surface area contributed by atoms with Crippen LogP contribution >= 0.6 is 0 Å². The van der Waals surface area contributed by atoms with Gasteiger partial charge in [0.15, 0.2) is 0 Å². The van der Waals surface area contributed by atoms with Gasteiger partial charge in [-0.3, -0.25) is 14.6 Å². The number of amides is 1. The van der Waals surface area contributed by atoms with E-state index in [1.807, 2.05) is 20.2 Å². The lowest BCUT2D eigenvalue weighted by atomic mass is 10.2. The molecule has 5 nitrogen and oxygen atoms in total. The molecule has 1 heterocycles. The summed E-state index contributed by atoms with van der Waals surface area (Å²) in [6.45, 7) is 5.88. The minimum Gasteiger partial charge on any atom is -0.378 e. The van der Waals surface area contributed by atoms with Gasteiger partial charge in [0.25, 0.3) is 0 Å². The number of piperazine rings is 1. The molecular formula is C24H32N4O. The summed E-state index contributed by atoms with van der Waals surface area (Å²) in [5.41, 5.74) is 3.52. The van der Waals surface area contributed by atoms with Crippen LogP contribution in [0.25, 0.3) is 6.08 Å². The van der Waals surface area contributed by atoms with Crippen LogP contribution in [0.1, 0.15) is 11.1 Å². The Bertz CT molecular complexity index is 778. The van der Waals surface area contributed by atoms with Gasteiger partial charge in [-0.1, -0.05) is 54.6 Å². The number of carbonyl (C=O) groups excluding carboxylic acids is 1. The lowest BCUT2D eigenvalue weighted by Crippen LogP contribution is -2.49. The first-order chi connectivity index (χ1) is 14.1. The molecule has 0 unspecified atom stereocenters. The monoisotopic (exact) mass is 392 g/mol. The molecule has 1 aliphatic heterocycles. The number of nitrogens with zero attached hydrogens (tertiary/aromatic N) is 3. The second-order valence-electron chi connectivity index (χ2n) is 7.73. The predicted octanol–water partition coefficient (Wildman–Crippen LogP) is 2.70. The summed E-state index contributed by atoms with van der Waals surface area (Å²) in [7, 11) is 4.05. The average Bonchev–Trinajstić information content (AvgIpc) is 2.74. The molecule has 0 saturated carbocycles. The second kappa shape index (κ2) is 10.8. The topological polar surface area (TPSA) is 38.8 Å². The maximum atomic E-state index is 12.3. The van der Waals surface area contributed by atoms with Gasteiger partial charge in [-0.05, 0) is 23.3 Å². The largest absolute Gasteiger partial charge is 0.378 e. The van der Waals surface area contributed by atoms with Gasteiger partial charge in [0.1, 0.15) is 0 Å². The van der Waals surface area contributed by atoms with E-state index in [-0.39, 0.29) is 5.91 Å². The number of anilines is 1. The smallest absolute Gasteiger partial charge is 0.234 e. The van der Waals surface area contributed by atoms with Crippen molar-refractivity contribution in [2.45, 2.75) is 6.54 Å². The van der Waals surface area contributed by atoms with Gasteiger partial charge in [-0.2, -0.15) is 0 Å². The Balaban J connectivity index is 1.33. The predicted molar refractivity (Wildman–Crippen MR) is 121 cm³/mol. The zero-order chi connectivity index (χ0) is 20.5. The molecule has 0 spiro atoms. The number of hydrogen-bond donors (Lipinski definition) is 1. The lowest BCUT2D eigenvalue weighted by Gasteiger charge is -2.33. The minimum absolute atomic E-state index is 0.0964. The highest BCUT2D eigenvalue weighted by molar-refractivity contribution is 5.78. The van der Waals surface area contributed by atoms with Crippen molar-refractivity contribution >= 4 is 17.7 Å². The Labute approximate surface area is 174 Å². The van der Waals surface area contributed by atoms with E-state index in [0.717, 1.165) is 44.0 Å². The SMILES string of the molecule is CN(C)c1ccc(CNC(=O)CN2CCN(C/C=C/c3ccccc3)CC2)cc1. The van der Waals surface area contributed by atoms with E-state index in [1.54, 1.807) is 0 Å². The van der Waals surface area contributed by atoms with E-state index in [1.165, 1.54) is 5.56 Å². The van der Waals surface area contributed by atoms with Crippen molar-refractivity contribution in [2.75, 3.05) is 58.3 Å². The van der Waals surface area contributed by atoms with Crippen LogP contribution in [0.3, 0.4) is 0 Å². The van der Waals surface area contributed by atoms with Gasteiger partial charge in [0.05, 0.1) is 6.54 Å². The van der Waals surface area contributed by atoms with Gasteiger partial charge in [0.2, 0.25) is 5.91 Å². The number of carbonyl (C=O) groups is 1. The van der Waals surface area contributed by atoms with Crippen molar-refractivity contribution in [1.29, 1.82) is 0 Å². The Kier molecular flexibility index (Phi) is 7.85. The minimum atomic E-state index is 0.0964. The van der Waals surface area contributed by atoms with Crippen molar-refractivity contribution in [3.63, 3.8) is 0 Å². The van der Waals surface area contributed by atoms with Crippen LogP contribution in [-0.4, -0.2) is 69.1 Å². The third-order valence-corrected chi connectivity index (χ3v) is 5.25. The Morgan fingerprint density at radius 1 is 0.966 bits per heavy atom. The fourth-order valence-corrected chi connectivity index (χ4v) is 3.40. The molecule has 1 aliphatic rings. The lowest BCUT2D eigenvalue weighted by molar-refractivity contribution is -0.122. The zero-order valence-corrected chi connectivity index (χ0v) is 17.6. The van der Waals surface area contributed by atoms with Crippen LogP contribution < -0.4 is 10.2 Å². The van der Waals surface area contributed by atoms with Crippen molar-refractivity contribution in [2.24, 2.45) is 0 Å². The maximum Gasteiger partial charge on any atom is 0.234 e. The number of hydrogen-bond acceptors (Lipinski definition) is 4. The summed E-state index contributed by atoms with van der Waals surface area (Å²) in [4.78, 5) is 19.0. The molecule has 3 rings (SSSR count). The van der Waals surface area contributed by atoms with Crippen LogP contribution in [0.4, 0.5) is 5.69 Å². The fourth-order valence-electron chi connectivity index (χ4n) is 3.40. The number of benzene rings is 2. The molecule has 1 saturated heterocycles. The van der Waals surface area contributed by atoms with Gasteiger partial charge in [-0.15, -0.1) is 0 Å². The highest BCUT2D eigenvalue weighted by Gasteiger charge is 2.17. The molecule has 0 aromatic heterocycles. The average molecular weight is 393 g/mol. The van der Waals surface area contributed by atoms with E-state index in [9.17, 15) is 4.79 Å². The summed E-state index contributed by atoms with van der Waals surface area (Å²) in [6.07, 6.45) is 4.39. The van der Waals surface area contributed by atoms with Gasteiger partial charge in [-0.25, -0.2) is 0 Å². The molecule has 1 fully saturated rings. The third-order valence-electron chi connectivity index (χ3n) is 5.25. The normalized spacial score (nSPS) is 15.5. The van der Waals surface area contributed by atoms with Crippen LogP contribution in [0, 0.1) is 0 Å². The zero-order valence-electron chi connectivity index (χ0n) is 17.6. The van der Waals surface area contributed by atoms with E-state index in [0.29, 0.717) is 13.1 Å². The van der Waals surface area contributed by atoms with Crippen LogP contribution in [0.15, 0.2) is 60.7 Å². The Morgan fingerprint density at radius 2 is 1.62 bits per heavy atom. The van der Waals surface area contributed by atoms with Crippen molar-refractivity contribution < 1.29 is 4.79 Å². The fraction of sp³-hybridized carbons (Fsp3) is 0.375. The molecule has 0 radical (unpaired) electrons. The van der Waals surface area contributed by atoms with E-state index in [4.69, 9.17) is 0 Å². The third kappa shape index (κ3) is 7.04. The summed E-state index contributed by atoms with van der Waals surface area (Å²) >= 11 is 0. The van der Waals surface area contributed by atoms with E-state index >= 15 is 0 Å². The van der Waals surface area contributed by atoms with Crippen molar-refractivity contribution in [1.82, 2.24) is 15.1 Å². The molecule has 0 bridgehead atoms. The van der Waals surface area contributed by atoms with Crippen molar-refractivity contribution in [3.8, 4) is 0 Å². The van der Waals surface area contributed by atoms with Crippen LogP contribution in [-0.2, 0) is 11.3 Å². The summed E-state index contributed by atoms with van der Waals surface area (Å²) in [6, 6.07) is 18.7. The summed E-state index contributed by atoms with van der Waals surface area (Å²) < 4.78 is 0. The first-order valence-electron chi connectivity index (χ1n) is 10.3. The summed E-state index contributed by atoms with van der Waals surface area (Å²) in [5, 5.41) is 3.04. The quantitative estimate of drug-likeness (QED) is 0.750. The molecule has 2 aromatic carbocycles. The number of rotatable bonds is 8. The van der Waals surface area contributed by atoms with Crippen molar-refractivity contribution in [3.05, 3.63) is 71.8 Å². The highest BCUT2D eigenvalue weighted by Crippen LogP contribution is 2.12. The van der Waals surface area contributed by atoms with Gasteiger partial charge in [0, 0.05) is 59.1 Å². The standard InChI is InChI=1S/C24H32N4O/c1-26(2)23-12-10-22(11-13-23)19-25-24(29)20-28-17-15-27(16-18-28)14-6-9-21-7-4-3-5-8-21/h3-13H,14-20H2,1-2H3,(H,25,29)/b9-6+. The highest BCUT2D eigenvalue weighted by atomic mass is 16.2.